The average Bonchev–Trinajstić information content (AvgIpc) is 2.39. The molecule has 1 aromatic rings. The molecule has 0 bridgehead atoms. The van der Waals surface area contributed by atoms with Gasteiger partial charge in [-0.05, 0) is 38.6 Å². The molecule has 1 amide bonds. The van der Waals surface area contributed by atoms with Crippen LogP contribution in [0.25, 0.3) is 0 Å². The summed E-state index contributed by atoms with van der Waals surface area (Å²) in [6.45, 7) is 9.24. The van der Waals surface area contributed by atoms with Crippen molar-refractivity contribution < 1.29 is 9.53 Å². The summed E-state index contributed by atoms with van der Waals surface area (Å²) >= 11 is 0. The number of rotatable bonds is 4. The molecule has 2 heterocycles. The molecule has 6 nitrogen and oxygen atoms in total. The fourth-order valence-electron chi connectivity index (χ4n) is 2.38. The van der Waals surface area contributed by atoms with Crippen LogP contribution in [0.5, 0.6) is 0 Å². The molecule has 2 rings (SSSR count). The van der Waals surface area contributed by atoms with E-state index < -0.39 is 6.09 Å². The van der Waals surface area contributed by atoms with E-state index in [9.17, 15) is 4.79 Å². The SMILES string of the molecule is Cc1cc(C)nc(NC(=O)OCCN2CCN(C)CC2)c1. The van der Waals surface area contributed by atoms with E-state index in [1.54, 1.807) is 0 Å². The van der Waals surface area contributed by atoms with Gasteiger partial charge in [-0.25, -0.2) is 9.78 Å². The van der Waals surface area contributed by atoms with Crippen molar-refractivity contribution in [2.24, 2.45) is 0 Å². The molecule has 1 aromatic heterocycles. The molecule has 0 radical (unpaired) electrons. The van der Waals surface area contributed by atoms with Crippen LogP contribution in [0.1, 0.15) is 11.3 Å². The molecule has 1 aliphatic rings. The lowest BCUT2D eigenvalue weighted by atomic mass is 10.2. The van der Waals surface area contributed by atoms with Gasteiger partial charge in [0.15, 0.2) is 0 Å². The van der Waals surface area contributed by atoms with Crippen LogP contribution in [0, 0.1) is 13.8 Å². The maximum Gasteiger partial charge on any atom is 0.412 e. The number of hydrogen-bond donors (Lipinski definition) is 1. The third kappa shape index (κ3) is 5.32. The molecule has 0 aromatic carbocycles. The predicted octanol–water partition coefficient (Wildman–Crippen LogP) is 1.49. The standard InChI is InChI=1S/C15H24N4O2/c1-12-10-13(2)16-14(11-12)17-15(20)21-9-8-19-6-4-18(3)5-7-19/h10-11H,4-9H2,1-3H3,(H,16,17,20). The number of likely N-dealkylation sites (N-methyl/N-ethyl adjacent to an activating group) is 1. The first kappa shape index (κ1) is 15.7. The largest absolute Gasteiger partial charge is 0.448 e. The minimum Gasteiger partial charge on any atom is -0.448 e. The Labute approximate surface area is 126 Å². The van der Waals surface area contributed by atoms with Crippen LogP contribution in [0.2, 0.25) is 0 Å². The maximum absolute atomic E-state index is 11.7. The summed E-state index contributed by atoms with van der Waals surface area (Å²) in [5, 5.41) is 2.67. The number of aromatic nitrogens is 1. The molecule has 1 N–H and O–H groups in total. The lowest BCUT2D eigenvalue weighted by Gasteiger charge is -2.31. The van der Waals surface area contributed by atoms with E-state index >= 15 is 0 Å². The number of pyridine rings is 1. The Bertz CT molecular complexity index is 464. The number of nitrogens with one attached hydrogen (secondary N) is 1. The van der Waals surface area contributed by atoms with Crippen molar-refractivity contribution in [3.63, 3.8) is 0 Å². The number of ether oxygens (including phenoxy) is 1. The summed E-state index contributed by atoms with van der Waals surface area (Å²) in [7, 11) is 2.12. The predicted molar refractivity (Wildman–Crippen MR) is 82.6 cm³/mol. The van der Waals surface area contributed by atoms with Crippen molar-refractivity contribution >= 4 is 11.9 Å². The average molecular weight is 292 g/mol. The van der Waals surface area contributed by atoms with Gasteiger partial charge >= 0.3 is 6.09 Å². The van der Waals surface area contributed by atoms with Crippen LogP contribution in [0.4, 0.5) is 10.6 Å². The van der Waals surface area contributed by atoms with E-state index in [-0.39, 0.29) is 0 Å². The Hall–Kier alpha value is -1.66. The highest BCUT2D eigenvalue weighted by molar-refractivity contribution is 5.83. The first-order valence-electron chi connectivity index (χ1n) is 7.33. The second-order valence-electron chi connectivity index (χ2n) is 5.58. The molecule has 0 saturated carbocycles. The number of anilines is 1. The Morgan fingerprint density at radius 2 is 2.00 bits per heavy atom. The van der Waals surface area contributed by atoms with Gasteiger partial charge in [-0.1, -0.05) is 0 Å². The third-order valence-electron chi connectivity index (χ3n) is 3.56. The van der Waals surface area contributed by atoms with E-state index in [0.29, 0.717) is 12.4 Å². The van der Waals surface area contributed by atoms with Gasteiger partial charge in [0.2, 0.25) is 0 Å². The molecule has 0 atom stereocenters. The van der Waals surface area contributed by atoms with E-state index in [1.165, 1.54) is 0 Å². The van der Waals surface area contributed by atoms with Gasteiger partial charge in [0.05, 0.1) is 0 Å². The number of hydrogen-bond acceptors (Lipinski definition) is 5. The fraction of sp³-hybridized carbons (Fsp3) is 0.600. The van der Waals surface area contributed by atoms with Gasteiger partial charge in [-0.15, -0.1) is 0 Å². The van der Waals surface area contributed by atoms with Gasteiger partial charge in [0.25, 0.3) is 0 Å². The lowest BCUT2D eigenvalue weighted by molar-refractivity contribution is 0.111. The van der Waals surface area contributed by atoms with Crippen LogP contribution in [-0.4, -0.2) is 67.3 Å². The van der Waals surface area contributed by atoms with E-state index in [2.05, 4.69) is 27.1 Å². The summed E-state index contributed by atoms with van der Waals surface area (Å²) in [6.07, 6.45) is -0.443. The zero-order valence-electron chi connectivity index (χ0n) is 13.1. The van der Waals surface area contributed by atoms with Crippen molar-refractivity contribution in [1.29, 1.82) is 0 Å². The molecular formula is C15H24N4O2. The second kappa shape index (κ2) is 7.38. The zero-order chi connectivity index (χ0) is 15.2. The quantitative estimate of drug-likeness (QED) is 0.911. The maximum atomic E-state index is 11.7. The zero-order valence-corrected chi connectivity index (χ0v) is 13.1. The highest BCUT2D eigenvalue weighted by atomic mass is 16.5. The summed E-state index contributed by atoms with van der Waals surface area (Å²) in [5.41, 5.74) is 1.94. The minimum absolute atomic E-state index is 0.403. The third-order valence-corrected chi connectivity index (χ3v) is 3.56. The first-order valence-corrected chi connectivity index (χ1v) is 7.33. The van der Waals surface area contributed by atoms with Gasteiger partial charge in [-0.3, -0.25) is 10.2 Å². The first-order chi connectivity index (χ1) is 10.0. The van der Waals surface area contributed by atoms with Crippen molar-refractivity contribution in [2.75, 3.05) is 51.7 Å². The van der Waals surface area contributed by atoms with Gasteiger partial charge in [0.1, 0.15) is 12.4 Å². The number of carbonyl (C=O) groups excluding carboxylic acids is 1. The van der Waals surface area contributed by atoms with Gasteiger partial charge < -0.3 is 9.64 Å². The van der Waals surface area contributed by atoms with E-state index in [4.69, 9.17) is 4.74 Å². The Kier molecular flexibility index (Phi) is 5.52. The fourth-order valence-corrected chi connectivity index (χ4v) is 2.38. The van der Waals surface area contributed by atoms with E-state index in [1.807, 2.05) is 26.0 Å². The molecule has 1 fully saturated rings. The van der Waals surface area contributed by atoms with E-state index in [0.717, 1.165) is 44.0 Å². The van der Waals surface area contributed by atoms with Crippen LogP contribution >= 0.6 is 0 Å². The summed E-state index contributed by atoms with van der Waals surface area (Å²) in [5.74, 6) is 0.539. The number of carbonyl (C=O) groups is 1. The number of aryl methyl sites for hydroxylation is 2. The number of amides is 1. The molecule has 1 saturated heterocycles. The normalized spacial score (nSPS) is 16.7. The topological polar surface area (TPSA) is 57.7 Å². The Morgan fingerprint density at radius 3 is 2.67 bits per heavy atom. The van der Waals surface area contributed by atoms with Crippen LogP contribution in [0.15, 0.2) is 12.1 Å². The Morgan fingerprint density at radius 1 is 1.29 bits per heavy atom. The van der Waals surface area contributed by atoms with Crippen molar-refractivity contribution in [3.05, 3.63) is 23.4 Å². The molecule has 0 aliphatic carbocycles. The molecular weight excluding hydrogens is 268 g/mol. The molecule has 0 spiro atoms. The molecule has 0 unspecified atom stereocenters. The molecule has 1 aliphatic heterocycles. The van der Waals surface area contributed by atoms with Gasteiger partial charge in [0, 0.05) is 38.4 Å². The Balaban J connectivity index is 1.70. The second-order valence-corrected chi connectivity index (χ2v) is 5.58. The van der Waals surface area contributed by atoms with Crippen molar-refractivity contribution in [2.45, 2.75) is 13.8 Å². The minimum atomic E-state index is -0.443. The lowest BCUT2D eigenvalue weighted by Crippen LogP contribution is -2.45. The van der Waals surface area contributed by atoms with Crippen LogP contribution in [-0.2, 0) is 4.74 Å². The molecule has 21 heavy (non-hydrogen) atoms. The number of nitrogens with zero attached hydrogens (tertiary/aromatic N) is 3. The highest BCUT2D eigenvalue weighted by Crippen LogP contribution is 2.09. The summed E-state index contributed by atoms with van der Waals surface area (Å²) in [4.78, 5) is 20.6. The monoisotopic (exact) mass is 292 g/mol. The van der Waals surface area contributed by atoms with Crippen LogP contribution in [0.3, 0.4) is 0 Å². The summed E-state index contributed by atoms with van der Waals surface area (Å²) < 4.78 is 5.21. The molecule has 116 valence electrons. The van der Waals surface area contributed by atoms with Crippen molar-refractivity contribution in [1.82, 2.24) is 14.8 Å². The summed E-state index contributed by atoms with van der Waals surface area (Å²) in [6, 6.07) is 3.79. The molecule has 6 heteroatoms. The highest BCUT2D eigenvalue weighted by Gasteiger charge is 2.14. The van der Waals surface area contributed by atoms with Gasteiger partial charge in [-0.2, -0.15) is 0 Å². The number of piperazine rings is 1. The van der Waals surface area contributed by atoms with Crippen molar-refractivity contribution in [3.8, 4) is 0 Å². The smallest absolute Gasteiger partial charge is 0.412 e. The van der Waals surface area contributed by atoms with Crippen LogP contribution < -0.4 is 5.32 Å².